The second kappa shape index (κ2) is 3.07. The van der Waals surface area contributed by atoms with Gasteiger partial charge in [-0.3, -0.25) is 0 Å². The van der Waals surface area contributed by atoms with E-state index in [2.05, 4.69) is 6.58 Å². The van der Waals surface area contributed by atoms with E-state index in [0.717, 1.165) is 5.57 Å². The summed E-state index contributed by atoms with van der Waals surface area (Å²) in [5.74, 6) is -0.962. The average Bonchev–Trinajstić information content (AvgIpc) is 1.63. The van der Waals surface area contributed by atoms with Crippen LogP contribution in [0.25, 0.3) is 0 Å². The number of hydrogen-bond donors (Lipinski definition) is 1. The van der Waals surface area contributed by atoms with Crippen LogP contribution >= 0.6 is 0 Å². The van der Waals surface area contributed by atoms with Crippen molar-refractivity contribution in [1.82, 2.24) is 0 Å². The van der Waals surface area contributed by atoms with Gasteiger partial charge in [0.05, 0.1) is 5.57 Å². The van der Waals surface area contributed by atoms with Crippen molar-refractivity contribution in [2.24, 2.45) is 0 Å². The van der Waals surface area contributed by atoms with Crippen LogP contribution in [0.3, 0.4) is 0 Å². The van der Waals surface area contributed by atoms with E-state index >= 15 is 0 Å². The zero-order valence-corrected chi connectivity index (χ0v) is 5.64. The highest BCUT2D eigenvalue weighted by Gasteiger charge is 1.96. The van der Waals surface area contributed by atoms with E-state index in [1.54, 1.807) is 0 Å². The molecule has 0 atom stereocenters. The molecule has 0 aliphatic carbocycles. The lowest BCUT2D eigenvalue weighted by atomic mass is 10.2. The van der Waals surface area contributed by atoms with Crippen LogP contribution in [-0.2, 0) is 4.79 Å². The molecule has 0 aromatic carbocycles. The third-order valence-corrected chi connectivity index (χ3v) is 0.738. The van der Waals surface area contributed by atoms with Crippen LogP contribution in [-0.4, -0.2) is 11.1 Å². The molecule has 0 radical (unpaired) electrons. The first-order valence-electron chi connectivity index (χ1n) is 2.61. The Kier molecular flexibility index (Phi) is 2.71. The van der Waals surface area contributed by atoms with Gasteiger partial charge < -0.3 is 5.11 Å². The Morgan fingerprint density at radius 2 is 2.00 bits per heavy atom. The maximum atomic E-state index is 10.1. The molecule has 0 aliphatic rings. The lowest BCUT2D eigenvalue weighted by Crippen LogP contribution is -1.95. The van der Waals surface area contributed by atoms with Gasteiger partial charge >= 0.3 is 5.97 Å². The Balaban J connectivity index is 4.09. The summed E-state index contributed by atoms with van der Waals surface area (Å²) in [6, 6.07) is 0. The number of aliphatic carboxylic acids is 1. The maximum absolute atomic E-state index is 10.1. The molecule has 0 saturated heterocycles. The SMILES string of the molecule is C=C(C=C(C)C)C(=O)O. The Bertz CT molecular complexity index is 162. The normalized spacial score (nSPS) is 8.22. The Hall–Kier alpha value is -1.05. The monoisotopic (exact) mass is 126 g/mol. The van der Waals surface area contributed by atoms with E-state index in [1.807, 2.05) is 13.8 Å². The van der Waals surface area contributed by atoms with Crippen LogP contribution < -0.4 is 0 Å². The highest BCUT2D eigenvalue weighted by Crippen LogP contribution is 1.97. The molecule has 1 N–H and O–H groups in total. The Labute approximate surface area is 54.5 Å². The molecule has 0 aliphatic heterocycles. The summed E-state index contributed by atoms with van der Waals surface area (Å²) in [6.07, 6.45) is 1.53. The van der Waals surface area contributed by atoms with Gasteiger partial charge in [0.2, 0.25) is 0 Å². The molecule has 0 heterocycles. The summed E-state index contributed by atoms with van der Waals surface area (Å²) < 4.78 is 0. The minimum atomic E-state index is -0.962. The van der Waals surface area contributed by atoms with Crippen LogP contribution in [0, 0.1) is 0 Å². The number of carboxylic acids is 1. The lowest BCUT2D eigenvalue weighted by molar-refractivity contribution is -0.132. The topological polar surface area (TPSA) is 37.3 Å². The van der Waals surface area contributed by atoms with E-state index in [-0.39, 0.29) is 5.57 Å². The molecule has 2 heteroatoms. The number of rotatable bonds is 2. The molecular formula is C7H10O2. The predicted molar refractivity (Wildman–Crippen MR) is 36.2 cm³/mol. The highest BCUT2D eigenvalue weighted by atomic mass is 16.4. The van der Waals surface area contributed by atoms with Gasteiger partial charge in [0.1, 0.15) is 0 Å². The third kappa shape index (κ3) is 3.53. The largest absolute Gasteiger partial charge is 0.478 e. The fourth-order valence-corrected chi connectivity index (χ4v) is 0.410. The van der Waals surface area contributed by atoms with Crippen molar-refractivity contribution in [1.29, 1.82) is 0 Å². The maximum Gasteiger partial charge on any atom is 0.335 e. The molecule has 9 heavy (non-hydrogen) atoms. The molecule has 0 unspecified atom stereocenters. The van der Waals surface area contributed by atoms with Gasteiger partial charge in [-0.15, -0.1) is 0 Å². The highest BCUT2D eigenvalue weighted by molar-refractivity contribution is 5.89. The molecule has 0 spiro atoms. The van der Waals surface area contributed by atoms with E-state index in [0.29, 0.717) is 0 Å². The molecule has 0 rings (SSSR count). The van der Waals surface area contributed by atoms with Crippen molar-refractivity contribution in [3.8, 4) is 0 Å². The number of carbonyl (C=O) groups is 1. The minimum absolute atomic E-state index is 0.134. The van der Waals surface area contributed by atoms with Crippen LogP contribution in [0.15, 0.2) is 23.8 Å². The molecule has 2 nitrogen and oxygen atoms in total. The van der Waals surface area contributed by atoms with Crippen LogP contribution in [0.5, 0.6) is 0 Å². The quantitative estimate of drug-likeness (QED) is 0.450. The summed E-state index contributed by atoms with van der Waals surface area (Å²) >= 11 is 0. The molecule has 0 amide bonds. The first kappa shape index (κ1) is 7.95. The summed E-state index contributed by atoms with van der Waals surface area (Å²) in [6.45, 7) is 6.97. The lowest BCUT2D eigenvalue weighted by Gasteiger charge is -1.89. The standard InChI is InChI=1S/C7H10O2/c1-5(2)4-6(3)7(8)9/h4H,3H2,1-2H3,(H,8,9). The van der Waals surface area contributed by atoms with Crippen molar-refractivity contribution >= 4 is 5.97 Å². The summed E-state index contributed by atoms with van der Waals surface area (Å²) in [4.78, 5) is 10.1. The first-order chi connectivity index (χ1) is 4.04. The van der Waals surface area contributed by atoms with Gasteiger partial charge in [-0.2, -0.15) is 0 Å². The second-order valence-corrected chi connectivity index (χ2v) is 2.05. The van der Waals surface area contributed by atoms with Crippen molar-refractivity contribution in [2.75, 3.05) is 0 Å². The fraction of sp³-hybridized carbons (Fsp3) is 0.286. The summed E-state index contributed by atoms with van der Waals surface area (Å²) in [7, 11) is 0. The fourth-order valence-electron chi connectivity index (χ4n) is 0.410. The third-order valence-electron chi connectivity index (χ3n) is 0.738. The van der Waals surface area contributed by atoms with Gasteiger partial charge in [-0.1, -0.05) is 12.2 Å². The molecule has 0 aromatic heterocycles. The molecule has 0 aromatic rings. The number of hydrogen-bond acceptors (Lipinski definition) is 1. The van der Waals surface area contributed by atoms with E-state index in [1.165, 1.54) is 6.08 Å². The average molecular weight is 126 g/mol. The zero-order valence-electron chi connectivity index (χ0n) is 5.64. The molecule has 0 bridgehead atoms. The zero-order chi connectivity index (χ0) is 7.44. The van der Waals surface area contributed by atoms with Crippen molar-refractivity contribution in [3.63, 3.8) is 0 Å². The van der Waals surface area contributed by atoms with E-state index in [4.69, 9.17) is 5.11 Å². The second-order valence-electron chi connectivity index (χ2n) is 2.05. The van der Waals surface area contributed by atoms with Crippen LogP contribution in [0.2, 0.25) is 0 Å². The van der Waals surface area contributed by atoms with Gasteiger partial charge in [0.15, 0.2) is 0 Å². The van der Waals surface area contributed by atoms with Gasteiger partial charge in [-0.25, -0.2) is 4.79 Å². The smallest absolute Gasteiger partial charge is 0.335 e. The van der Waals surface area contributed by atoms with Crippen molar-refractivity contribution in [3.05, 3.63) is 23.8 Å². The van der Waals surface area contributed by atoms with Crippen molar-refractivity contribution in [2.45, 2.75) is 13.8 Å². The summed E-state index contributed by atoms with van der Waals surface area (Å²) in [5.41, 5.74) is 1.08. The van der Waals surface area contributed by atoms with Crippen LogP contribution in [0.1, 0.15) is 13.8 Å². The molecule has 50 valence electrons. The Morgan fingerprint density at radius 3 is 2.11 bits per heavy atom. The van der Waals surface area contributed by atoms with Gasteiger partial charge in [0.25, 0.3) is 0 Å². The number of carboxylic acid groups (broad SMARTS) is 1. The first-order valence-corrected chi connectivity index (χ1v) is 2.61. The van der Waals surface area contributed by atoms with Crippen LogP contribution in [0.4, 0.5) is 0 Å². The van der Waals surface area contributed by atoms with E-state index < -0.39 is 5.97 Å². The molecule has 0 saturated carbocycles. The molecular weight excluding hydrogens is 116 g/mol. The predicted octanol–water partition coefficient (Wildman–Crippen LogP) is 1.59. The summed E-state index contributed by atoms with van der Waals surface area (Å²) in [5, 5.41) is 8.29. The molecule has 0 fully saturated rings. The number of allylic oxidation sites excluding steroid dienone is 1. The van der Waals surface area contributed by atoms with Gasteiger partial charge in [0, 0.05) is 0 Å². The van der Waals surface area contributed by atoms with E-state index in [9.17, 15) is 4.79 Å². The van der Waals surface area contributed by atoms with Crippen molar-refractivity contribution < 1.29 is 9.90 Å². The minimum Gasteiger partial charge on any atom is -0.478 e. The Morgan fingerprint density at radius 1 is 1.56 bits per heavy atom. The van der Waals surface area contributed by atoms with Gasteiger partial charge in [-0.05, 0) is 19.9 Å².